The number of carbonyl (C=O) groups is 1. The summed E-state index contributed by atoms with van der Waals surface area (Å²) >= 11 is 0. The molecule has 1 amide bonds. The molecule has 1 heterocycles. The molecule has 0 fully saturated rings. The minimum absolute atomic E-state index is 0.0593. The zero-order valence-corrected chi connectivity index (χ0v) is 14.6. The van der Waals surface area contributed by atoms with Crippen molar-refractivity contribution in [3.05, 3.63) is 74.7 Å². The normalized spacial score (nSPS) is 10.7. The van der Waals surface area contributed by atoms with E-state index in [1.807, 2.05) is 18.2 Å². The number of nitrogens with zero attached hydrogens (tertiary/aromatic N) is 1. The molecular weight excluding hydrogens is 353 g/mol. The highest BCUT2D eigenvalue weighted by molar-refractivity contribution is 5.77. The Hall–Kier alpha value is -3.42. The lowest BCUT2D eigenvalue weighted by Crippen LogP contribution is -2.36. The fourth-order valence-corrected chi connectivity index (χ4v) is 2.77. The number of hydrogen-bond acceptors (Lipinski definition) is 4. The van der Waals surface area contributed by atoms with Gasteiger partial charge in [0.2, 0.25) is 5.91 Å². The first-order valence-electron chi connectivity index (χ1n) is 8.30. The van der Waals surface area contributed by atoms with Gasteiger partial charge in [-0.05, 0) is 24.3 Å². The van der Waals surface area contributed by atoms with E-state index >= 15 is 0 Å². The molecule has 0 aliphatic heterocycles. The van der Waals surface area contributed by atoms with E-state index < -0.39 is 17.1 Å². The van der Waals surface area contributed by atoms with Gasteiger partial charge in [-0.1, -0.05) is 18.2 Å². The molecule has 0 aliphatic carbocycles. The van der Waals surface area contributed by atoms with E-state index in [1.54, 1.807) is 13.2 Å². The Morgan fingerprint density at radius 2 is 2.00 bits per heavy atom. The summed E-state index contributed by atoms with van der Waals surface area (Å²) in [7, 11) is 1.54. The zero-order chi connectivity index (χ0) is 19.4. The van der Waals surface area contributed by atoms with E-state index in [2.05, 4.69) is 10.3 Å². The highest BCUT2D eigenvalue weighted by Gasteiger charge is 2.11. The summed E-state index contributed by atoms with van der Waals surface area (Å²) in [6, 6.07) is 10.8. The van der Waals surface area contributed by atoms with Crippen LogP contribution in [0.2, 0.25) is 0 Å². The number of aromatic nitrogens is 2. The highest BCUT2D eigenvalue weighted by Crippen LogP contribution is 2.16. The first-order valence-corrected chi connectivity index (χ1v) is 8.30. The van der Waals surface area contributed by atoms with Crippen LogP contribution in [0.15, 0.2) is 52.1 Å². The number of benzene rings is 2. The Balaban J connectivity index is 1.70. The van der Waals surface area contributed by atoms with E-state index in [0.29, 0.717) is 5.75 Å². The van der Waals surface area contributed by atoms with Crippen LogP contribution >= 0.6 is 0 Å². The monoisotopic (exact) mass is 371 g/mol. The molecule has 0 unspecified atom stereocenters. The van der Waals surface area contributed by atoms with E-state index in [9.17, 15) is 18.8 Å². The number of aromatic amines is 1. The number of rotatable bonds is 6. The van der Waals surface area contributed by atoms with Crippen molar-refractivity contribution in [2.75, 3.05) is 7.11 Å². The summed E-state index contributed by atoms with van der Waals surface area (Å²) in [4.78, 5) is 39.1. The molecule has 2 aromatic carbocycles. The van der Waals surface area contributed by atoms with Gasteiger partial charge in [0.15, 0.2) is 0 Å². The summed E-state index contributed by atoms with van der Waals surface area (Å²) in [6.07, 6.45) is -0.0705. The van der Waals surface area contributed by atoms with Gasteiger partial charge in [0.1, 0.15) is 11.6 Å². The van der Waals surface area contributed by atoms with Gasteiger partial charge in [-0.25, -0.2) is 9.18 Å². The number of methoxy groups -OCH3 is 1. The molecule has 0 radical (unpaired) electrons. The number of fused-ring (bicyclic) bond motifs is 1. The zero-order valence-electron chi connectivity index (χ0n) is 14.6. The van der Waals surface area contributed by atoms with Crippen LogP contribution in [0.25, 0.3) is 10.9 Å². The first kappa shape index (κ1) is 18.4. The molecular formula is C19H18FN3O4. The summed E-state index contributed by atoms with van der Waals surface area (Å²) < 4.78 is 19.5. The maximum Gasteiger partial charge on any atom is 0.328 e. The molecule has 0 aliphatic rings. The highest BCUT2D eigenvalue weighted by atomic mass is 19.1. The van der Waals surface area contributed by atoms with E-state index in [-0.39, 0.29) is 36.3 Å². The van der Waals surface area contributed by atoms with Crippen molar-refractivity contribution >= 4 is 16.8 Å². The minimum Gasteiger partial charge on any atom is -0.496 e. The SMILES string of the molecule is COc1ccccc1CNC(=O)CCn1c(=O)[nH]c2ccc(F)cc2c1=O. The molecule has 0 saturated carbocycles. The third-order valence-corrected chi connectivity index (χ3v) is 4.17. The fraction of sp³-hybridized carbons (Fsp3) is 0.211. The third-order valence-electron chi connectivity index (χ3n) is 4.17. The summed E-state index contributed by atoms with van der Waals surface area (Å²) in [5, 5.41) is 2.78. The Morgan fingerprint density at radius 3 is 2.78 bits per heavy atom. The van der Waals surface area contributed by atoms with Crippen molar-refractivity contribution in [2.24, 2.45) is 0 Å². The summed E-state index contributed by atoms with van der Waals surface area (Å²) in [6.45, 7) is 0.148. The van der Waals surface area contributed by atoms with Crippen molar-refractivity contribution in [2.45, 2.75) is 19.5 Å². The molecule has 27 heavy (non-hydrogen) atoms. The van der Waals surface area contributed by atoms with Gasteiger partial charge in [-0.3, -0.25) is 14.2 Å². The van der Waals surface area contributed by atoms with Gasteiger partial charge in [0.25, 0.3) is 5.56 Å². The average molecular weight is 371 g/mol. The van der Waals surface area contributed by atoms with E-state index in [0.717, 1.165) is 22.3 Å². The maximum absolute atomic E-state index is 13.4. The molecule has 2 N–H and O–H groups in total. The molecule has 3 rings (SSSR count). The van der Waals surface area contributed by atoms with Crippen molar-refractivity contribution in [3.63, 3.8) is 0 Å². The van der Waals surface area contributed by atoms with Crippen LogP contribution in [0.3, 0.4) is 0 Å². The summed E-state index contributed by atoms with van der Waals surface area (Å²) in [5.74, 6) is -0.249. The van der Waals surface area contributed by atoms with Crippen LogP contribution < -0.4 is 21.3 Å². The quantitative estimate of drug-likeness (QED) is 0.687. The van der Waals surface area contributed by atoms with Crippen molar-refractivity contribution in [1.82, 2.24) is 14.9 Å². The number of halogens is 1. The van der Waals surface area contributed by atoms with Crippen LogP contribution in [0, 0.1) is 5.82 Å². The lowest BCUT2D eigenvalue weighted by molar-refractivity contribution is -0.121. The second kappa shape index (κ2) is 7.86. The predicted octanol–water partition coefficient (Wildman–Crippen LogP) is 1.54. The molecule has 0 saturated heterocycles. The molecule has 1 aromatic heterocycles. The van der Waals surface area contributed by atoms with Gasteiger partial charge < -0.3 is 15.0 Å². The van der Waals surface area contributed by atoms with Crippen molar-refractivity contribution in [3.8, 4) is 5.75 Å². The second-order valence-corrected chi connectivity index (χ2v) is 5.92. The molecule has 3 aromatic rings. The Kier molecular flexibility index (Phi) is 5.35. The third kappa shape index (κ3) is 4.05. The van der Waals surface area contributed by atoms with E-state index in [1.165, 1.54) is 6.07 Å². The molecule has 0 spiro atoms. The lowest BCUT2D eigenvalue weighted by Gasteiger charge is -2.10. The van der Waals surface area contributed by atoms with Gasteiger partial charge in [0.05, 0.1) is 18.0 Å². The molecule has 8 heteroatoms. The first-order chi connectivity index (χ1) is 13.0. The molecule has 7 nitrogen and oxygen atoms in total. The number of nitrogens with one attached hydrogen (secondary N) is 2. The molecule has 0 bridgehead atoms. The Bertz CT molecular complexity index is 1100. The minimum atomic E-state index is -0.642. The van der Waals surface area contributed by atoms with Gasteiger partial charge >= 0.3 is 5.69 Å². The maximum atomic E-state index is 13.4. The molecule has 140 valence electrons. The van der Waals surface area contributed by atoms with Crippen LogP contribution in [-0.4, -0.2) is 22.6 Å². The largest absolute Gasteiger partial charge is 0.496 e. The van der Waals surface area contributed by atoms with Crippen LogP contribution in [0.1, 0.15) is 12.0 Å². The van der Waals surface area contributed by atoms with Crippen LogP contribution in [-0.2, 0) is 17.9 Å². The number of amides is 1. The van der Waals surface area contributed by atoms with Crippen LogP contribution in [0.4, 0.5) is 4.39 Å². The van der Waals surface area contributed by atoms with Crippen molar-refractivity contribution in [1.29, 1.82) is 0 Å². The number of H-pyrrole nitrogens is 1. The smallest absolute Gasteiger partial charge is 0.328 e. The van der Waals surface area contributed by atoms with E-state index in [4.69, 9.17) is 4.74 Å². The number of para-hydroxylation sites is 1. The Labute approximate surface area is 153 Å². The number of hydrogen-bond donors (Lipinski definition) is 2. The van der Waals surface area contributed by atoms with Gasteiger partial charge in [-0.15, -0.1) is 0 Å². The topological polar surface area (TPSA) is 93.2 Å². The predicted molar refractivity (Wildman–Crippen MR) is 98.2 cm³/mol. The lowest BCUT2D eigenvalue weighted by atomic mass is 10.2. The Morgan fingerprint density at radius 1 is 1.22 bits per heavy atom. The second-order valence-electron chi connectivity index (χ2n) is 5.92. The van der Waals surface area contributed by atoms with Crippen molar-refractivity contribution < 1.29 is 13.9 Å². The van der Waals surface area contributed by atoms with Gasteiger partial charge in [0, 0.05) is 25.1 Å². The standard InChI is InChI=1S/C19H18FN3O4/c1-27-16-5-3-2-4-12(16)11-21-17(24)8-9-23-18(25)14-10-13(20)6-7-15(14)22-19(23)26/h2-7,10H,8-9,11H2,1H3,(H,21,24)(H,22,26). The fourth-order valence-electron chi connectivity index (χ4n) is 2.77. The van der Waals surface area contributed by atoms with Crippen LogP contribution in [0.5, 0.6) is 5.75 Å². The number of carbonyl (C=O) groups excluding carboxylic acids is 1. The average Bonchev–Trinajstić information content (AvgIpc) is 2.67. The molecule has 0 atom stereocenters. The number of ether oxygens (including phenoxy) is 1. The summed E-state index contributed by atoms with van der Waals surface area (Å²) in [5.41, 5.74) is -0.213. The van der Waals surface area contributed by atoms with Gasteiger partial charge in [-0.2, -0.15) is 0 Å².